The summed E-state index contributed by atoms with van der Waals surface area (Å²) in [5, 5.41) is 13.5. The lowest BCUT2D eigenvalue weighted by molar-refractivity contribution is 0.0900. The molecule has 4 nitrogen and oxygen atoms in total. The van der Waals surface area contributed by atoms with Crippen LogP contribution in [0.1, 0.15) is 41.9 Å². The van der Waals surface area contributed by atoms with Gasteiger partial charge in [-0.2, -0.15) is 0 Å². The lowest BCUT2D eigenvalue weighted by Gasteiger charge is -2.28. The van der Waals surface area contributed by atoms with Gasteiger partial charge in [0.05, 0.1) is 17.5 Å². The second-order valence-electron chi connectivity index (χ2n) is 5.48. The van der Waals surface area contributed by atoms with Gasteiger partial charge in [0.2, 0.25) is 0 Å². The number of aromatic nitrogens is 2. The summed E-state index contributed by atoms with van der Waals surface area (Å²) in [5.74, 6) is 0. The minimum absolute atomic E-state index is 0.193. The Balaban J connectivity index is 1.75. The Morgan fingerprint density at radius 1 is 1.42 bits per heavy atom. The smallest absolute Gasteiger partial charge is 0.194 e. The SMILES string of the molecule is Cc1cn2c(CNC3CCCCC3O)c(C)nc2s1. The van der Waals surface area contributed by atoms with E-state index in [1.165, 1.54) is 17.0 Å². The molecular weight excluding hydrogens is 258 g/mol. The second-order valence-corrected chi connectivity index (χ2v) is 6.69. The van der Waals surface area contributed by atoms with E-state index in [0.717, 1.165) is 36.5 Å². The van der Waals surface area contributed by atoms with E-state index < -0.39 is 0 Å². The van der Waals surface area contributed by atoms with Crippen molar-refractivity contribution in [3.05, 3.63) is 22.5 Å². The Morgan fingerprint density at radius 2 is 2.21 bits per heavy atom. The number of aliphatic hydroxyl groups is 1. The highest BCUT2D eigenvalue weighted by Gasteiger charge is 2.23. The van der Waals surface area contributed by atoms with Gasteiger partial charge in [0.25, 0.3) is 0 Å². The fourth-order valence-electron chi connectivity index (χ4n) is 2.90. The maximum absolute atomic E-state index is 10.0. The van der Waals surface area contributed by atoms with Crippen LogP contribution in [0.4, 0.5) is 0 Å². The van der Waals surface area contributed by atoms with E-state index in [-0.39, 0.29) is 12.1 Å². The van der Waals surface area contributed by atoms with Crippen molar-refractivity contribution in [1.29, 1.82) is 0 Å². The fraction of sp³-hybridized carbons (Fsp3) is 0.643. The van der Waals surface area contributed by atoms with Crippen LogP contribution in [-0.2, 0) is 6.54 Å². The molecule has 0 saturated heterocycles. The van der Waals surface area contributed by atoms with Gasteiger partial charge in [-0.15, -0.1) is 11.3 Å². The van der Waals surface area contributed by atoms with E-state index in [1.807, 2.05) is 0 Å². The number of nitrogens with zero attached hydrogens (tertiary/aromatic N) is 2. The van der Waals surface area contributed by atoms with Crippen LogP contribution in [0.15, 0.2) is 6.20 Å². The molecule has 1 aliphatic rings. The summed E-state index contributed by atoms with van der Waals surface area (Å²) in [6.07, 6.45) is 6.32. The lowest BCUT2D eigenvalue weighted by Crippen LogP contribution is -2.41. The molecule has 0 aliphatic heterocycles. The Kier molecular flexibility index (Phi) is 3.60. The fourth-order valence-corrected chi connectivity index (χ4v) is 3.79. The number of hydrogen-bond acceptors (Lipinski definition) is 4. The summed E-state index contributed by atoms with van der Waals surface area (Å²) in [6, 6.07) is 0.235. The zero-order valence-corrected chi connectivity index (χ0v) is 12.3. The van der Waals surface area contributed by atoms with Crippen molar-refractivity contribution in [2.45, 2.75) is 58.2 Å². The topological polar surface area (TPSA) is 49.6 Å². The summed E-state index contributed by atoms with van der Waals surface area (Å²) >= 11 is 1.72. The molecule has 2 heterocycles. The molecule has 2 aromatic rings. The monoisotopic (exact) mass is 279 g/mol. The summed E-state index contributed by atoms with van der Waals surface area (Å²) in [5.41, 5.74) is 2.31. The highest BCUT2D eigenvalue weighted by molar-refractivity contribution is 7.17. The third-order valence-electron chi connectivity index (χ3n) is 4.00. The van der Waals surface area contributed by atoms with Crippen molar-refractivity contribution < 1.29 is 5.11 Å². The van der Waals surface area contributed by atoms with Gasteiger partial charge in [0.15, 0.2) is 4.96 Å². The Morgan fingerprint density at radius 3 is 3.00 bits per heavy atom. The molecule has 5 heteroatoms. The number of aryl methyl sites for hydroxylation is 2. The van der Waals surface area contributed by atoms with Crippen LogP contribution >= 0.6 is 11.3 Å². The number of fused-ring (bicyclic) bond motifs is 1. The van der Waals surface area contributed by atoms with E-state index in [4.69, 9.17) is 0 Å². The van der Waals surface area contributed by atoms with Crippen LogP contribution in [0, 0.1) is 13.8 Å². The van der Waals surface area contributed by atoms with E-state index in [2.05, 4.69) is 34.7 Å². The minimum Gasteiger partial charge on any atom is -0.392 e. The van der Waals surface area contributed by atoms with Crippen molar-refractivity contribution in [2.24, 2.45) is 0 Å². The molecule has 19 heavy (non-hydrogen) atoms. The second kappa shape index (κ2) is 5.23. The van der Waals surface area contributed by atoms with E-state index in [9.17, 15) is 5.11 Å². The Labute approximate surface area is 117 Å². The molecular formula is C14H21N3OS. The predicted molar refractivity (Wildman–Crippen MR) is 77.6 cm³/mol. The van der Waals surface area contributed by atoms with Gasteiger partial charge in [0, 0.05) is 23.7 Å². The normalized spacial score (nSPS) is 24.2. The van der Waals surface area contributed by atoms with Crippen molar-refractivity contribution in [2.75, 3.05) is 0 Å². The molecule has 0 amide bonds. The molecule has 2 unspecified atom stereocenters. The predicted octanol–water partition coefficient (Wildman–Crippen LogP) is 2.41. The molecule has 1 aliphatic carbocycles. The van der Waals surface area contributed by atoms with Gasteiger partial charge >= 0.3 is 0 Å². The standard InChI is InChI=1S/C14H21N3OS/c1-9-8-17-12(10(2)16-14(17)19-9)7-15-11-5-3-4-6-13(11)18/h8,11,13,15,18H,3-7H2,1-2H3. The minimum atomic E-state index is -0.193. The third-order valence-corrected chi connectivity index (χ3v) is 4.90. The Hall–Kier alpha value is -0.910. The molecule has 1 fully saturated rings. The highest BCUT2D eigenvalue weighted by atomic mass is 32.1. The van der Waals surface area contributed by atoms with Crippen LogP contribution in [0.25, 0.3) is 4.96 Å². The molecule has 0 radical (unpaired) electrons. The van der Waals surface area contributed by atoms with Gasteiger partial charge in [0.1, 0.15) is 0 Å². The van der Waals surface area contributed by atoms with Crippen molar-refractivity contribution in [1.82, 2.24) is 14.7 Å². The van der Waals surface area contributed by atoms with E-state index >= 15 is 0 Å². The number of nitrogens with one attached hydrogen (secondary N) is 1. The largest absolute Gasteiger partial charge is 0.392 e. The van der Waals surface area contributed by atoms with Gasteiger partial charge < -0.3 is 10.4 Å². The van der Waals surface area contributed by atoms with Crippen LogP contribution < -0.4 is 5.32 Å². The maximum Gasteiger partial charge on any atom is 0.194 e. The molecule has 0 spiro atoms. The maximum atomic E-state index is 10.0. The zero-order valence-electron chi connectivity index (χ0n) is 11.5. The first-order valence-electron chi connectivity index (χ1n) is 7.00. The summed E-state index contributed by atoms with van der Waals surface area (Å²) < 4.78 is 2.18. The van der Waals surface area contributed by atoms with Crippen molar-refractivity contribution >= 4 is 16.3 Å². The van der Waals surface area contributed by atoms with E-state index in [1.54, 1.807) is 11.3 Å². The molecule has 0 aromatic carbocycles. The molecule has 2 atom stereocenters. The van der Waals surface area contributed by atoms with Gasteiger partial charge in [-0.25, -0.2) is 4.98 Å². The Bertz CT molecular complexity index is 575. The molecule has 1 saturated carbocycles. The van der Waals surface area contributed by atoms with Crippen LogP contribution in [0.5, 0.6) is 0 Å². The number of imidazole rings is 1. The summed E-state index contributed by atoms with van der Waals surface area (Å²) in [6.45, 7) is 4.95. The number of hydrogen-bond donors (Lipinski definition) is 2. The van der Waals surface area contributed by atoms with Gasteiger partial charge in [-0.3, -0.25) is 4.40 Å². The van der Waals surface area contributed by atoms with Crippen molar-refractivity contribution in [3.8, 4) is 0 Å². The third kappa shape index (κ3) is 2.55. The number of thiazole rings is 1. The average Bonchev–Trinajstić information content (AvgIpc) is 2.84. The van der Waals surface area contributed by atoms with Crippen LogP contribution in [0.2, 0.25) is 0 Å². The first kappa shape index (κ1) is 13.1. The van der Waals surface area contributed by atoms with Crippen LogP contribution in [-0.4, -0.2) is 26.6 Å². The van der Waals surface area contributed by atoms with Gasteiger partial charge in [-0.1, -0.05) is 12.8 Å². The zero-order chi connectivity index (χ0) is 13.4. The highest BCUT2D eigenvalue weighted by Crippen LogP contribution is 2.22. The van der Waals surface area contributed by atoms with Crippen molar-refractivity contribution in [3.63, 3.8) is 0 Å². The summed E-state index contributed by atoms with van der Waals surface area (Å²) in [4.78, 5) is 6.94. The van der Waals surface area contributed by atoms with Crippen LogP contribution in [0.3, 0.4) is 0 Å². The quantitative estimate of drug-likeness (QED) is 0.907. The molecule has 0 bridgehead atoms. The first-order valence-corrected chi connectivity index (χ1v) is 7.82. The first-order chi connectivity index (χ1) is 9.15. The number of rotatable bonds is 3. The molecule has 2 N–H and O–H groups in total. The number of aliphatic hydroxyl groups excluding tert-OH is 1. The van der Waals surface area contributed by atoms with Gasteiger partial charge in [-0.05, 0) is 26.7 Å². The summed E-state index contributed by atoms with van der Waals surface area (Å²) in [7, 11) is 0. The molecule has 3 rings (SSSR count). The lowest BCUT2D eigenvalue weighted by atomic mass is 9.92. The molecule has 104 valence electrons. The molecule has 2 aromatic heterocycles. The average molecular weight is 279 g/mol. The van der Waals surface area contributed by atoms with E-state index in [0.29, 0.717) is 0 Å².